The number of nitrogens with one attached hydrogen (secondary N) is 1. The number of aromatic amines is 1. The van der Waals surface area contributed by atoms with Crippen molar-refractivity contribution in [3.63, 3.8) is 0 Å². The molecule has 1 N–H and O–H groups in total. The van der Waals surface area contributed by atoms with Crippen LogP contribution in [0.5, 0.6) is 5.75 Å². The molecule has 2 atom stereocenters. The molecule has 3 heterocycles. The largest absolute Gasteiger partial charge is 0.497 e. The molecule has 0 radical (unpaired) electrons. The van der Waals surface area contributed by atoms with Gasteiger partial charge in [-0.1, -0.05) is 12.1 Å². The topological polar surface area (TPSA) is 74.2 Å². The van der Waals surface area contributed by atoms with Crippen LogP contribution in [0, 0.1) is 6.92 Å². The van der Waals surface area contributed by atoms with E-state index in [-0.39, 0.29) is 12.1 Å². The maximum absolute atomic E-state index is 5.65. The van der Waals surface area contributed by atoms with E-state index in [0.717, 1.165) is 34.1 Å². The first kappa shape index (κ1) is 16.8. The summed E-state index contributed by atoms with van der Waals surface area (Å²) in [6, 6.07) is 7.95. The maximum atomic E-state index is 5.65. The number of imidazole rings is 2. The molecule has 1 aliphatic rings. The first-order chi connectivity index (χ1) is 12.7. The fraction of sp³-hybridized carbons (Fsp3) is 0.368. The summed E-state index contributed by atoms with van der Waals surface area (Å²) >= 11 is 0. The molecule has 7 nitrogen and oxygen atoms in total. The summed E-state index contributed by atoms with van der Waals surface area (Å²) in [6.07, 6.45) is 3.54. The van der Waals surface area contributed by atoms with Gasteiger partial charge in [-0.15, -0.1) is 0 Å². The molecule has 136 valence electrons. The van der Waals surface area contributed by atoms with Gasteiger partial charge in [0.2, 0.25) is 0 Å². The molecule has 0 aliphatic carbocycles. The van der Waals surface area contributed by atoms with Crippen LogP contribution in [0.2, 0.25) is 0 Å². The van der Waals surface area contributed by atoms with Crippen molar-refractivity contribution in [1.82, 2.24) is 19.5 Å². The van der Waals surface area contributed by atoms with E-state index in [2.05, 4.69) is 14.5 Å². The lowest BCUT2D eigenvalue weighted by atomic mass is 10.1. The van der Waals surface area contributed by atoms with Crippen molar-refractivity contribution in [1.29, 1.82) is 0 Å². The highest BCUT2D eigenvalue weighted by Gasteiger charge is 2.33. The quantitative estimate of drug-likeness (QED) is 0.763. The first-order valence-corrected chi connectivity index (χ1v) is 8.55. The van der Waals surface area contributed by atoms with Crippen LogP contribution in [0.1, 0.15) is 11.7 Å². The average molecular weight is 354 g/mol. The van der Waals surface area contributed by atoms with Crippen molar-refractivity contribution in [3.05, 3.63) is 42.6 Å². The molecule has 0 spiro atoms. The monoisotopic (exact) mass is 354 g/mol. The molecular weight excluding hydrogens is 332 g/mol. The molecule has 0 bridgehead atoms. The van der Waals surface area contributed by atoms with Gasteiger partial charge < -0.3 is 23.8 Å². The van der Waals surface area contributed by atoms with Crippen LogP contribution < -0.4 is 4.74 Å². The lowest BCUT2D eigenvalue weighted by Crippen LogP contribution is -2.24. The van der Waals surface area contributed by atoms with Crippen molar-refractivity contribution >= 4 is 0 Å². The van der Waals surface area contributed by atoms with Gasteiger partial charge in [-0.05, 0) is 19.1 Å². The number of hydrogen-bond donors (Lipinski definition) is 1. The van der Waals surface area contributed by atoms with Gasteiger partial charge >= 0.3 is 0 Å². The van der Waals surface area contributed by atoms with Crippen molar-refractivity contribution in [3.8, 4) is 28.4 Å². The molecule has 1 fully saturated rings. The highest BCUT2D eigenvalue weighted by Crippen LogP contribution is 2.36. The Labute approximate surface area is 152 Å². The minimum absolute atomic E-state index is 0.0136. The van der Waals surface area contributed by atoms with Gasteiger partial charge in [-0.25, -0.2) is 9.97 Å². The van der Waals surface area contributed by atoms with E-state index in [1.807, 2.05) is 37.5 Å². The molecule has 3 aromatic rings. The molecule has 0 amide bonds. The number of rotatable bonds is 5. The minimum atomic E-state index is -0.0136. The van der Waals surface area contributed by atoms with E-state index in [9.17, 15) is 0 Å². The van der Waals surface area contributed by atoms with Crippen LogP contribution >= 0.6 is 0 Å². The zero-order valence-corrected chi connectivity index (χ0v) is 15.1. The van der Waals surface area contributed by atoms with Gasteiger partial charge in [0.25, 0.3) is 0 Å². The third-order valence-corrected chi connectivity index (χ3v) is 4.85. The van der Waals surface area contributed by atoms with Crippen LogP contribution in [-0.4, -0.2) is 53.1 Å². The smallest absolute Gasteiger partial charge is 0.119 e. The van der Waals surface area contributed by atoms with Crippen LogP contribution in [0.15, 0.2) is 36.9 Å². The molecule has 1 aliphatic heterocycles. The predicted molar refractivity (Wildman–Crippen MR) is 97.2 cm³/mol. The van der Waals surface area contributed by atoms with Gasteiger partial charge in [0.05, 0.1) is 50.4 Å². The Kier molecular flexibility index (Phi) is 4.48. The van der Waals surface area contributed by atoms with Crippen molar-refractivity contribution in [2.45, 2.75) is 19.1 Å². The summed E-state index contributed by atoms with van der Waals surface area (Å²) in [5, 5.41) is 0. The molecule has 1 aromatic carbocycles. The third-order valence-electron chi connectivity index (χ3n) is 4.85. The Morgan fingerprint density at radius 1 is 1.19 bits per heavy atom. The van der Waals surface area contributed by atoms with E-state index in [1.165, 1.54) is 0 Å². The summed E-state index contributed by atoms with van der Waals surface area (Å²) in [5.41, 5.74) is 4.66. The summed E-state index contributed by atoms with van der Waals surface area (Å²) in [4.78, 5) is 12.4. The lowest BCUT2D eigenvalue weighted by Gasteiger charge is -2.20. The van der Waals surface area contributed by atoms with Crippen LogP contribution in [0.3, 0.4) is 0 Å². The Balaban J connectivity index is 1.89. The SMILES string of the molecule is COc1cccc(-c2ncn([C@H]3COC[C@H]3OC)c2-c2nc[nH]c2C)c1. The standard InChI is InChI=1S/C19H22N4O3/c1-12-17(21-10-20-12)19-18(13-5-4-6-14(7-13)24-2)22-11-23(19)15-8-26-9-16(15)25-3/h4-7,10-11,15-16H,8-9H2,1-3H3,(H,20,21)/t15-,16+/m0/s1. The summed E-state index contributed by atoms with van der Waals surface area (Å²) in [7, 11) is 3.38. The van der Waals surface area contributed by atoms with E-state index in [0.29, 0.717) is 13.2 Å². The number of ether oxygens (including phenoxy) is 3. The fourth-order valence-electron chi connectivity index (χ4n) is 3.43. The van der Waals surface area contributed by atoms with E-state index < -0.39 is 0 Å². The molecule has 2 aromatic heterocycles. The van der Waals surface area contributed by atoms with Crippen LogP contribution in [-0.2, 0) is 9.47 Å². The number of aryl methyl sites for hydroxylation is 1. The summed E-state index contributed by atoms with van der Waals surface area (Å²) in [5.74, 6) is 0.792. The zero-order chi connectivity index (χ0) is 18.1. The Morgan fingerprint density at radius 3 is 2.81 bits per heavy atom. The highest BCUT2D eigenvalue weighted by atomic mass is 16.5. The van der Waals surface area contributed by atoms with Gasteiger partial charge in [0, 0.05) is 18.4 Å². The maximum Gasteiger partial charge on any atom is 0.119 e. The molecule has 0 saturated carbocycles. The highest BCUT2D eigenvalue weighted by molar-refractivity contribution is 5.78. The van der Waals surface area contributed by atoms with Gasteiger partial charge in [0.1, 0.15) is 17.5 Å². The third kappa shape index (κ3) is 2.79. The molecule has 0 unspecified atom stereocenters. The average Bonchev–Trinajstić information content (AvgIpc) is 3.39. The molecule has 26 heavy (non-hydrogen) atoms. The van der Waals surface area contributed by atoms with Gasteiger partial charge in [0.15, 0.2) is 0 Å². The minimum Gasteiger partial charge on any atom is -0.497 e. The zero-order valence-electron chi connectivity index (χ0n) is 15.1. The summed E-state index contributed by atoms with van der Waals surface area (Å²) < 4.78 is 18.8. The predicted octanol–water partition coefficient (Wildman–Crippen LogP) is 2.84. The molecule has 7 heteroatoms. The van der Waals surface area contributed by atoms with Crippen molar-refractivity contribution in [2.24, 2.45) is 0 Å². The summed E-state index contributed by atoms with van der Waals surface area (Å²) in [6.45, 7) is 3.17. The Hall–Kier alpha value is -2.64. The molecule has 1 saturated heterocycles. The van der Waals surface area contributed by atoms with Crippen LogP contribution in [0.25, 0.3) is 22.6 Å². The number of aromatic nitrogens is 4. The normalized spacial score (nSPS) is 19.8. The van der Waals surface area contributed by atoms with Crippen molar-refractivity contribution in [2.75, 3.05) is 27.4 Å². The number of H-pyrrole nitrogens is 1. The van der Waals surface area contributed by atoms with E-state index in [1.54, 1.807) is 20.5 Å². The number of benzene rings is 1. The second-order valence-electron chi connectivity index (χ2n) is 6.34. The second kappa shape index (κ2) is 6.93. The number of hydrogen-bond acceptors (Lipinski definition) is 5. The molecular formula is C19H22N4O3. The Bertz CT molecular complexity index is 902. The molecule has 4 rings (SSSR count). The first-order valence-electron chi connectivity index (χ1n) is 8.55. The lowest BCUT2D eigenvalue weighted by molar-refractivity contribution is 0.0688. The van der Waals surface area contributed by atoms with Gasteiger partial charge in [-0.2, -0.15) is 0 Å². The number of methoxy groups -OCH3 is 2. The number of nitrogens with zero attached hydrogens (tertiary/aromatic N) is 3. The second-order valence-corrected chi connectivity index (χ2v) is 6.34. The van der Waals surface area contributed by atoms with E-state index >= 15 is 0 Å². The van der Waals surface area contributed by atoms with Crippen LogP contribution in [0.4, 0.5) is 0 Å². The van der Waals surface area contributed by atoms with E-state index in [4.69, 9.17) is 19.2 Å². The fourth-order valence-corrected chi connectivity index (χ4v) is 3.43. The van der Waals surface area contributed by atoms with Crippen molar-refractivity contribution < 1.29 is 14.2 Å². The Morgan fingerprint density at radius 2 is 2.08 bits per heavy atom. The van der Waals surface area contributed by atoms with Gasteiger partial charge in [-0.3, -0.25) is 0 Å².